The Bertz CT molecular complexity index is 764. The van der Waals surface area contributed by atoms with Crippen molar-refractivity contribution in [3.63, 3.8) is 0 Å². The molecule has 114 valence electrons. The van der Waals surface area contributed by atoms with Crippen molar-refractivity contribution in [2.45, 2.75) is 13.0 Å². The average molecular weight is 296 g/mol. The van der Waals surface area contributed by atoms with Crippen molar-refractivity contribution in [3.05, 3.63) is 53.9 Å². The van der Waals surface area contributed by atoms with E-state index in [1.54, 1.807) is 0 Å². The fourth-order valence-electron chi connectivity index (χ4n) is 2.37. The van der Waals surface area contributed by atoms with Crippen LogP contribution in [0.5, 0.6) is 0 Å². The van der Waals surface area contributed by atoms with Crippen molar-refractivity contribution in [2.24, 2.45) is 0 Å². The maximum atomic E-state index is 5.76. The topological polar surface area (TPSA) is 81.3 Å². The summed E-state index contributed by atoms with van der Waals surface area (Å²) < 4.78 is 5.74. The molecule has 0 bridgehead atoms. The summed E-state index contributed by atoms with van der Waals surface area (Å²) in [6.07, 6.45) is 0.962. The van der Waals surface area contributed by atoms with Crippen molar-refractivity contribution in [1.29, 1.82) is 0 Å². The molecule has 22 heavy (non-hydrogen) atoms. The predicted octanol–water partition coefficient (Wildman–Crippen LogP) is 2.67. The first-order valence-corrected chi connectivity index (χ1v) is 7.28. The molecule has 3 aromatic rings. The van der Waals surface area contributed by atoms with Gasteiger partial charge < -0.3 is 15.9 Å². The van der Waals surface area contributed by atoms with E-state index in [0.717, 1.165) is 29.8 Å². The molecule has 0 fully saturated rings. The lowest BCUT2D eigenvalue weighted by atomic mass is 10.1. The molecule has 3 rings (SSSR count). The number of anilines is 2. The molecule has 0 aliphatic rings. The van der Waals surface area contributed by atoms with Crippen LogP contribution in [0.2, 0.25) is 0 Å². The van der Waals surface area contributed by atoms with E-state index in [1.165, 1.54) is 5.56 Å². The summed E-state index contributed by atoms with van der Waals surface area (Å²) in [5.41, 5.74) is 15.8. The summed E-state index contributed by atoms with van der Waals surface area (Å²) in [6.45, 7) is 1.59. The van der Waals surface area contributed by atoms with Gasteiger partial charge in [-0.2, -0.15) is 0 Å². The highest BCUT2D eigenvalue weighted by atomic mass is 16.3. The standard InChI is InChI=1S/C17H20N4O/c1-21(9-8-12-2-4-13(18)5-3-12)11-17-20-15-10-14(19)6-7-16(15)22-17/h2-7,10H,8-9,11,18-19H2,1H3. The molecule has 0 radical (unpaired) electrons. The highest BCUT2D eigenvalue weighted by Crippen LogP contribution is 2.19. The Morgan fingerprint density at radius 2 is 1.77 bits per heavy atom. The molecule has 0 saturated heterocycles. The highest BCUT2D eigenvalue weighted by Gasteiger charge is 2.09. The number of nitrogen functional groups attached to an aromatic ring is 2. The Morgan fingerprint density at radius 3 is 2.55 bits per heavy atom. The monoisotopic (exact) mass is 296 g/mol. The first-order chi connectivity index (χ1) is 10.6. The number of oxazole rings is 1. The van der Waals surface area contributed by atoms with Crippen molar-refractivity contribution in [2.75, 3.05) is 25.1 Å². The quantitative estimate of drug-likeness (QED) is 0.707. The number of hydrogen-bond acceptors (Lipinski definition) is 5. The molecule has 0 unspecified atom stereocenters. The number of likely N-dealkylation sites (N-methyl/N-ethyl adjacent to an activating group) is 1. The SMILES string of the molecule is CN(CCc1ccc(N)cc1)Cc1nc2cc(N)ccc2o1. The van der Waals surface area contributed by atoms with E-state index in [-0.39, 0.29) is 0 Å². The highest BCUT2D eigenvalue weighted by molar-refractivity contribution is 5.76. The van der Waals surface area contributed by atoms with Gasteiger partial charge in [0.25, 0.3) is 0 Å². The number of nitrogens with zero attached hydrogens (tertiary/aromatic N) is 2. The Kier molecular flexibility index (Phi) is 3.98. The zero-order chi connectivity index (χ0) is 15.5. The molecule has 0 aliphatic carbocycles. The predicted molar refractivity (Wildman–Crippen MR) is 89.3 cm³/mol. The van der Waals surface area contributed by atoms with Crippen LogP contribution in [-0.2, 0) is 13.0 Å². The van der Waals surface area contributed by atoms with Gasteiger partial charge in [0.1, 0.15) is 5.52 Å². The molecule has 0 atom stereocenters. The molecule has 5 heteroatoms. The molecule has 0 spiro atoms. The molecule has 4 N–H and O–H groups in total. The first kappa shape index (κ1) is 14.4. The Hall–Kier alpha value is -2.53. The molecule has 2 aromatic carbocycles. The third kappa shape index (κ3) is 3.38. The van der Waals surface area contributed by atoms with Gasteiger partial charge in [0.05, 0.1) is 6.54 Å². The fourth-order valence-corrected chi connectivity index (χ4v) is 2.37. The molecule has 1 heterocycles. The fraction of sp³-hybridized carbons (Fsp3) is 0.235. The van der Waals surface area contributed by atoms with E-state index in [4.69, 9.17) is 15.9 Å². The van der Waals surface area contributed by atoms with Crippen LogP contribution in [0.25, 0.3) is 11.1 Å². The molecular formula is C17H20N4O. The third-order valence-corrected chi connectivity index (χ3v) is 3.62. The molecular weight excluding hydrogens is 276 g/mol. The van der Waals surface area contributed by atoms with E-state index < -0.39 is 0 Å². The minimum atomic E-state index is 0.670. The van der Waals surface area contributed by atoms with E-state index in [1.807, 2.05) is 30.3 Å². The minimum absolute atomic E-state index is 0.670. The summed E-state index contributed by atoms with van der Waals surface area (Å²) in [6, 6.07) is 13.5. The molecule has 0 amide bonds. The summed E-state index contributed by atoms with van der Waals surface area (Å²) in [5.74, 6) is 0.709. The van der Waals surface area contributed by atoms with E-state index in [9.17, 15) is 0 Å². The average Bonchev–Trinajstić information content (AvgIpc) is 2.88. The zero-order valence-corrected chi connectivity index (χ0v) is 12.6. The smallest absolute Gasteiger partial charge is 0.209 e. The first-order valence-electron chi connectivity index (χ1n) is 7.28. The number of fused-ring (bicyclic) bond motifs is 1. The van der Waals surface area contributed by atoms with Gasteiger partial charge in [-0.25, -0.2) is 4.98 Å². The largest absolute Gasteiger partial charge is 0.439 e. The molecule has 5 nitrogen and oxygen atoms in total. The van der Waals surface area contributed by atoms with Crippen molar-refractivity contribution >= 4 is 22.5 Å². The van der Waals surface area contributed by atoms with Gasteiger partial charge in [-0.15, -0.1) is 0 Å². The van der Waals surface area contributed by atoms with E-state index in [0.29, 0.717) is 18.1 Å². The van der Waals surface area contributed by atoms with Gasteiger partial charge in [-0.1, -0.05) is 12.1 Å². The third-order valence-electron chi connectivity index (χ3n) is 3.62. The molecule has 0 saturated carbocycles. The maximum Gasteiger partial charge on any atom is 0.209 e. The number of rotatable bonds is 5. The summed E-state index contributed by atoms with van der Waals surface area (Å²) >= 11 is 0. The lowest BCUT2D eigenvalue weighted by Gasteiger charge is -2.14. The lowest BCUT2D eigenvalue weighted by Crippen LogP contribution is -2.20. The maximum absolute atomic E-state index is 5.76. The Morgan fingerprint density at radius 1 is 1.05 bits per heavy atom. The van der Waals surface area contributed by atoms with Crippen LogP contribution in [0.15, 0.2) is 46.9 Å². The number of benzene rings is 2. The summed E-state index contributed by atoms with van der Waals surface area (Å²) in [4.78, 5) is 6.66. The van der Waals surface area contributed by atoms with Gasteiger partial charge >= 0.3 is 0 Å². The van der Waals surface area contributed by atoms with Crippen molar-refractivity contribution < 1.29 is 4.42 Å². The van der Waals surface area contributed by atoms with E-state index in [2.05, 4.69) is 29.1 Å². The van der Waals surface area contributed by atoms with Crippen LogP contribution >= 0.6 is 0 Å². The second-order valence-corrected chi connectivity index (χ2v) is 5.56. The lowest BCUT2D eigenvalue weighted by molar-refractivity contribution is 0.296. The van der Waals surface area contributed by atoms with Gasteiger partial charge in [-0.3, -0.25) is 4.90 Å². The van der Waals surface area contributed by atoms with Crippen LogP contribution in [0.3, 0.4) is 0 Å². The second-order valence-electron chi connectivity index (χ2n) is 5.56. The van der Waals surface area contributed by atoms with Crippen LogP contribution < -0.4 is 11.5 Å². The van der Waals surface area contributed by atoms with Gasteiger partial charge in [0, 0.05) is 17.9 Å². The van der Waals surface area contributed by atoms with Crippen molar-refractivity contribution in [1.82, 2.24) is 9.88 Å². The molecule has 1 aromatic heterocycles. The Balaban J connectivity index is 1.60. The number of nitrogens with two attached hydrogens (primary N) is 2. The van der Waals surface area contributed by atoms with Crippen LogP contribution in [0.1, 0.15) is 11.5 Å². The second kappa shape index (κ2) is 6.07. The zero-order valence-electron chi connectivity index (χ0n) is 12.6. The van der Waals surface area contributed by atoms with Crippen LogP contribution in [0.4, 0.5) is 11.4 Å². The Labute approximate surface area is 129 Å². The van der Waals surface area contributed by atoms with Crippen LogP contribution in [0, 0.1) is 0 Å². The summed E-state index contributed by atoms with van der Waals surface area (Å²) in [7, 11) is 2.06. The van der Waals surface area contributed by atoms with E-state index >= 15 is 0 Å². The minimum Gasteiger partial charge on any atom is -0.439 e. The van der Waals surface area contributed by atoms with Gasteiger partial charge in [0.15, 0.2) is 5.58 Å². The normalized spacial score (nSPS) is 11.4. The molecule has 0 aliphatic heterocycles. The van der Waals surface area contributed by atoms with Crippen molar-refractivity contribution in [3.8, 4) is 0 Å². The number of aromatic nitrogens is 1. The van der Waals surface area contributed by atoms with Gasteiger partial charge in [-0.05, 0) is 49.4 Å². The summed E-state index contributed by atoms with van der Waals surface area (Å²) in [5, 5.41) is 0. The van der Waals surface area contributed by atoms with Gasteiger partial charge in [0.2, 0.25) is 5.89 Å². The van der Waals surface area contributed by atoms with Crippen LogP contribution in [-0.4, -0.2) is 23.5 Å². The number of hydrogen-bond donors (Lipinski definition) is 2.